The topological polar surface area (TPSA) is 18.5 Å². The van der Waals surface area contributed by atoms with Crippen LogP contribution in [0.5, 0.6) is 11.5 Å². The van der Waals surface area contributed by atoms with Crippen molar-refractivity contribution in [2.45, 2.75) is 45.4 Å². The summed E-state index contributed by atoms with van der Waals surface area (Å²) in [5, 5.41) is 2.38. The highest BCUT2D eigenvalue weighted by Crippen LogP contribution is 2.47. The molecule has 118 valence electrons. The highest BCUT2D eigenvalue weighted by molar-refractivity contribution is 9.10. The third-order valence-corrected chi connectivity index (χ3v) is 5.71. The zero-order chi connectivity index (χ0) is 16.1. The Balaban J connectivity index is 2.46. The first-order valence-electron chi connectivity index (χ1n) is 7.78. The van der Waals surface area contributed by atoms with E-state index in [4.69, 9.17) is 9.47 Å². The summed E-state index contributed by atoms with van der Waals surface area (Å²) in [7, 11) is 3.40. The van der Waals surface area contributed by atoms with Gasteiger partial charge in [-0.25, -0.2) is 0 Å². The van der Waals surface area contributed by atoms with Crippen molar-refractivity contribution in [1.82, 2.24) is 0 Å². The molecule has 0 saturated carbocycles. The van der Waals surface area contributed by atoms with Crippen molar-refractivity contribution >= 4 is 26.7 Å². The van der Waals surface area contributed by atoms with Gasteiger partial charge in [0.15, 0.2) is 11.5 Å². The van der Waals surface area contributed by atoms with E-state index >= 15 is 0 Å². The van der Waals surface area contributed by atoms with Gasteiger partial charge in [-0.3, -0.25) is 0 Å². The number of methoxy groups -OCH3 is 2. The van der Waals surface area contributed by atoms with Gasteiger partial charge < -0.3 is 9.47 Å². The molecular weight excluding hydrogens is 340 g/mol. The second-order valence-electron chi connectivity index (χ2n) is 6.78. The van der Waals surface area contributed by atoms with Gasteiger partial charge in [0, 0.05) is 15.2 Å². The quantitative estimate of drug-likeness (QED) is 0.697. The zero-order valence-electron chi connectivity index (χ0n) is 14.0. The van der Waals surface area contributed by atoms with Gasteiger partial charge in [-0.05, 0) is 60.4 Å². The second kappa shape index (κ2) is 5.45. The Kier molecular flexibility index (Phi) is 3.88. The Morgan fingerprint density at radius 1 is 1.14 bits per heavy atom. The summed E-state index contributed by atoms with van der Waals surface area (Å²) in [4.78, 5) is 0. The molecule has 0 radical (unpaired) electrons. The summed E-state index contributed by atoms with van der Waals surface area (Å²) in [5.41, 5.74) is 4.54. The van der Waals surface area contributed by atoms with E-state index in [1.165, 1.54) is 40.3 Å². The minimum Gasteiger partial charge on any atom is -0.493 e. The molecule has 0 saturated heterocycles. The van der Waals surface area contributed by atoms with Gasteiger partial charge in [-0.1, -0.05) is 29.8 Å². The summed E-state index contributed by atoms with van der Waals surface area (Å²) < 4.78 is 12.3. The summed E-state index contributed by atoms with van der Waals surface area (Å²) in [6.45, 7) is 6.92. The first kappa shape index (κ1) is 15.7. The molecule has 0 spiro atoms. The average molecular weight is 363 g/mol. The summed E-state index contributed by atoms with van der Waals surface area (Å²) in [6, 6.07) is 4.35. The van der Waals surface area contributed by atoms with Crippen molar-refractivity contribution in [2.75, 3.05) is 14.2 Å². The van der Waals surface area contributed by atoms with E-state index in [9.17, 15) is 0 Å². The van der Waals surface area contributed by atoms with Crippen LogP contribution in [-0.4, -0.2) is 14.2 Å². The monoisotopic (exact) mass is 362 g/mol. The molecular formula is C19H23BrO2. The maximum atomic E-state index is 5.68. The largest absolute Gasteiger partial charge is 0.493 e. The van der Waals surface area contributed by atoms with Crippen molar-refractivity contribution in [3.63, 3.8) is 0 Å². The van der Waals surface area contributed by atoms with Crippen molar-refractivity contribution < 1.29 is 9.47 Å². The standard InChI is InChI=1S/C19H23BrO2/c1-11-12-7-6-8-19(2,3)14(12)9-13-15(20)10-16(21-4)18(22-5)17(11)13/h9-10H,6-8H2,1-5H3. The molecule has 2 aromatic rings. The lowest BCUT2D eigenvalue weighted by Crippen LogP contribution is -2.24. The van der Waals surface area contributed by atoms with Gasteiger partial charge in [0.25, 0.3) is 0 Å². The fourth-order valence-electron chi connectivity index (χ4n) is 3.84. The van der Waals surface area contributed by atoms with Crippen LogP contribution >= 0.6 is 15.9 Å². The van der Waals surface area contributed by atoms with Crippen LogP contribution in [-0.2, 0) is 11.8 Å². The fourth-order valence-corrected chi connectivity index (χ4v) is 4.36. The van der Waals surface area contributed by atoms with E-state index in [2.05, 4.69) is 42.8 Å². The second-order valence-corrected chi connectivity index (χ2v) is 7.64. The minimum atomic E-state index is 0.235. The first-order chi connectivity index (χ1) is 10.4. The summed E-state index contributed by atoms with van der Waals surface area (Å²) in [5.74, 6) is 1.62. The Morgan fingerprint density at radius 2 is 1.86 bits per heavy atom. The van der Waals surface area contributed by atoms with Crippen LogP contribution in [0, 0.1) is 6.92 Å². The van der Waals surface area contributed by atoms with Gasteiger partial charge in [0.1, 0.15) is 0 Å². The number of aryl methyl sites for hydroxylation is 1. The number of halogens is 1. The highest BCUT2D eigenvalue weighted by atomic mass is 79.9. The molecule has 2 aromatic carbocycles. The maximum Gasteiger partial charge on any atom is 0.168 e. The van der Waals surface area contributed by atoms with Crippen LogP contribution in [0.2, 0.25) is 0 Å². The number of fused-ring (bicyclic) bond motifs is 2. The Labute approximate surface area is 140 Å². The third-order valence-electron chi connectivity index (χ3n) is 5.06. The third kappa shape index (κ3) is 2.21. The minimum absolute atomic E-state index is 0.235. The Bertz CT molecular complexity index is 747. The molecule has 3 heteroatoms. The molecule has 0 amide bonds. The lowest BCUT2D eigenvalue weighted by atomic mass is 9.71. The molecule has 22 heavy (non-hydrogen) atoms. The number of hydrogen-bond acceptors (Lipinski definition) is 2. The predicted molar refractivity (Wildman–Crippen MR) is 95.5 cm³/mol. The fraction of sp³-hybridized carbons (Fsp3) is 0.474. The lowest BCUT2D eigenvalue weighted by molar-refractivity contribution is 0.358. The van der Waals surface area contributed by atoms with E-state index in [-0.39, 0.29) is 5.41 Å². The SMILES string of the molecule is COc1cc(Br)c2cc3c(c(C)c2c1OC)CCCC3(C)C. The molecule has 0 aromatic heterocycles. The van der Waals surface area contributed by atoms with Crippen LogP contribution in [0.15, 0.2) is 16.6 Å². The smallest absolute Gasteiger partial charge is 0.168 e. The van der Waals surface area contributed by atoms with Crippen LogP contribution in [0.25, 0.3) is 10.8 Å². The Hall–Kier alpha value is -1.22. The summed E-state index contributed by atoms with van der Waals surface area (Å²) in [6.07, 6.45) is 3.65. The molecule has 1 aliphatic carbocycles. The Morgan fingerprint density at radius 3 is 2.50 bits per heavy atom. The van der Waals surface area contributed by atoms with Crippen molar-refractivity contribution in [3.05, 3.63) is 33.3 Å². The normalized spacial score (nSPS) is 16.5. The number of hydrogen-bond donors (Lipinski definition) is 0. The van der Waals surface area contributed by atoms with Crippen molar-refractivity contribution in [2.24, 2.45) is 0 Å². The molecule has 0 bridgehead atoms. The average Bonchev–Trinajstić information content (AvgIpc) is 2.48. The van der Waals surface area contributed by atoms with Gasteiger partial charge in [-0.15, -0.1) is 0 Å². The highest BCUT2D eigenvalue weighted by Gasteiger charge is 2.30. The van der Waals surface area contributed by atoms with Crippen LogP contribution in [0.1, 0.15) is 43.4 Å². The molecule has 0 atom stereocenters. The zero-order valence-corrected chi connectivity index (χ0v) is 15.6. The van der Waals surface area contributed by atoms with E-state index in [0.717, 1.165) is 22.4 Å². The maximum absolute atomic E-state index is 5.68. The molecule has 0 aliphatic heterocycles. The van der Waals surface area contributed by atoms with Gasteiger partial charge in [0.2, 0.25) is 0 Å². The van der Waals surface area contributed by atoms with Crippen molar-refractivity contribution in [3.8, 4) is 11.5 Å². The van der Waals surface area contributed by atoms with E-state index in [1.807, 2.05) is 6.07 Å². The van der Waals surface area contributed by atoms with Crippen LogP contribution in [0.3, 0.4) is 0 Å². The number of rotatable bonds is 2. The van der Waals surface area contributed by atoms with Crippen LogP contribution < -0.4 is 9.47 Å². The lowest BCUT2D eigenvalue weighted by Gasteiger charge is -2.34. The van der Waals surface area contributed by atoms with E-state index in [0.29, 0.717) is 0 Å². The first-order valence-corrected chi connectivity index (χ1v) is 8.57. The van der Waals surface area contributed by atoms with Gasteiger partial charge in [-0.2, -0.15) is 0 Å². The molecule has 3 rings (SSSR count). The molecule has 2 nitrogen and oxygen atoms in total. The molecule has 0 fully saturated rings. The molecule has 0 N–H and O–H groups in total. The summed E-state index contributed by atoms with van der Waals surface area (Å²) >= 11 is 3.72. The number of ether oxygens (including phenoxy) is 2. The van der Waals surface area contributed by atoms with Crippen LogP contribution in [0.4, 0.5) is 0 Å². The van der Waals surface area contributed by atoms with E-state index in [1.54, 1.807) is 14.2 Å². The number of benzene rings is 2. The molecule has 0 heterocycles. The molecule has 0 unspecified atom stereocenters. The van der Waals surface area contributed by atoms with E-state index < -0.39 is 0 Å². The predicted octanol–water partition coefficient (Wildman–Crippen LogP) is 5.54. The van der Waals surface area contributed by atoms with Gasteiger partial charge in [0.05, 0.1) is 14.2 Å². The van der Waals surface area contributed by atoms with Crippen molar-refractivity contribution in [1.29, 1.82) is 0 Å². The van der Waals surface area contributed by atoms with Gasteiger partial charge >= 0.3 is 0 Å². The molecule has 1 aliphatic rings.